The SMILES string of the molecule is Cc1ccc(-c2nnc(SCCC(=O)Nc3ccccc3)o2)cc1C. The van der Waals surface area contributed by atoms with Gasteiger partial charge in [-0.1, -0.05) is 36.0 Å². The molecule has 1 N–H and O–H groups in total. The lowest BCUT2D eigenvalue weighted by Gasteiger charge is -2.03. The molecule has 25 heavy (non-hydrogen) atoms. The maximum atomic E-state index is 11.9. The van der Waals surface area contributed by atoms with Crippen molar-refractivity contribution in [1.29, 1.82) is 0 Å². The smallest absolute Gasteiger partial charge is 0.276 e. The predicted octanol–water partition coefficient (Wildman–Crippen LogP) is 4.47. The number of rotatable bonds is 6. The Bertz CT molecular complexity index is 862. The van der Waals surface area contributed by atoms with Crippen LogP contribution >= 0.6 is 11.8 Å². The lowest BCUT2D eigenvalue weighted by Crippen LogP contribution is -2.11. The summed E-state index contributed by atoms with van der Waals surface area (Å²) in [5.74, 6) is 1.04. The fraction of sp³-hybridized carbons (Fsp3) is 0.211. The van der Waals surface area contributed by atoms with Crippen molar-refractivity contribution >= 4 is 23.4 Å². The normalized spacial score (nSPS) is 10.6. The van der Waals surface area contributed by atoms with E-state index in [1.807, 2.05) is 48.5 Å². The summed E-state index contributed by atoms with van der Waals surface area (Å²) in [5, 5.41) is 11.4. The van der Waals surface area contributed by atoms with Crippen LogP contribution in [0.3, 0.4) is 0 Å². The second-order valence-electron chi connectivity index (χ2n) is 5.68. The fourth-order valence-corrected chi connectivity index (χ4v) is 2.93. The summed E-state index contributed by atoms with van der Waals surface area (Å²) in [7, 11) is 0. The van der Waals surface area contributed by atoms with E-state index in [4.69, 9.17) is 4.42 Å². The molecule has 0 spiro atoms. The van der Waals surface area contributed by atoms with Gasteiger partial charge in [0.25, 0.3) is 5.22 Å². The number of amides is 1. The quantitative estimate of drug-likeness (QED) is 0.662. The molecule has 1 amide bonds. The lowest BCUT2D eigenvalue weighted by atomic mass is 10.1. The zero-order valence-corrected chi connectivity index (χ0v) is 15.0. The molecule has 0 fully saturated rings. The van der Waals surface area contributed by atoms with Gasteiger partial charge in [0.1, 0.15) is 0 Å². The number of thioether (sulfide) groups is 1. The number of hydrogen-bond donors (Lipinski definition) is 1. The van der Waals surface area contributed by atoms with E-state index in [9.17, 15) is 4.79 Å². The molecular weight excluding hydrogens is 334 g/mol. The molecule has 1 aromatic heterocycles. The largest absolute Gasteiger partial charge is 0.411 e. The Kier molecular flexibility index (Phi) is 5.50. The second-order valence-corrected chi connectivity index (χ2v) is 6.73. The van der Waals surface area contributed by atoms with Gasteiger partial charge in [-0.25, -0.2) is 0 Å². The van der Waals surface area contributed by atoms with Crippen LogP contribution in [0.25, 0.3) is 11.5 Å². The zero-order valence-electron chi connectivity index (χ0n) is 14.2. The van der Waals surface area contributed by atoms with E-state index in [0.29, 0.717) is 23.3 Å². The Labute approximate surface area is 150 Å². The molecule has 0 radical (unpaired) electrons. The standard InChI is InChI=1S/C19H19N3O2S/c1-13-8-9-15(12-14(13)2)18-21-22-19(24-18)25-11-10-17(23)20-16-6-4-3-5-7-16/h3-9,12H,10-11H2,1-2H3,(H,20,23). The molecular formula is C19H19N3O2S. The molecule has 5 nitrogen and oxygen atoms in total. The van der Waals surface area contributed by atoms with Crippen LogP contribution in [0.15, 0.2) is 58.2 Å². The first kappa shape index (κ1) is 17.2. The summed E-state index contributed by atoms with van der Waals surface area (Å²) >= 11 is 1.38. The van der Waals surface area contributed by atoms with Crippen molar-refractivity contribution in [2.24, 2.45) is 0 Å². The first-order chi connectivity index (χ1) is 12.1. The van der Waals surface area contributed by atoms with E-state index < -0.39 is 0 Å². The van der Waals surface area contributed by atoms with E-state index in [0.717, 1.165) is 11.3 Å². The number of aryl methyl sites for hydroxylation is 2. The van der Waals surface area contributed by atoms with E-state index >= 15 is 0 Å². The van der Waals surface area contributed by atoms with Gasteiger partial charge in [-0.15, -0.1) is 10.2 Å². The number of para-hydroxylation sites is 1. The minimum Gasteiger partial charge on any atom is -0.411 e. The van der Waals surface area contributed by atoms with Gasteiger partial charge in [-0.05, 0) is 49.2 Å². The van der Waals surface area contributed by atoms with Crippen molar-refractivity contribution in [1.82, 2.24) is 10.2 Å². The van der Waals surface area contributed by atoms with Crippen molar-refractivity contribution < 1.29 is 9.21 Å². The Morgan fingerprint density at radius 1 is 1.08 bits per heavy atom. The van der Waals surface area contributed by atoms with Crippen LogP contribution < -0.4 is 5.32 Å². The van der Waals surface area contributed by atoms with Gasteiger partial charge in [0.2, 0.25) is 11.8 Å². The molecule has 128 valence electrons. The Morgan fingerprint density at radius 3 is 2.64 bits per heavy atom. The summed E-state index contributed by atoms with van der Waals surface area (Å²) in [6, 6.07) is 15.4. The molecule has 0 atom stereocenters. The predicted molar refractivity (Wildman–Crippen MR) is 99.6 cm³/mol. The van der Waals surface area contributed by atoms with Crippen molar-refractivity contribution in [2.75, 3.05) is 11.1 Å². The fourth-order valence-electron chi connectivity index (χ4n) is 2.24. The maximum absolute atomic E-state index is 11.9. The van der Waals surface area contributed by atoms with Crippen molar-refractivity contribution in [2.45, 2.75) is 25.5 Å². The molecule has 0 aliphatic carbocycles. The maximum Gasteiger partial charge on any atom is 0.276 e. The van der Waals surface area contributed by atoms with Gasteiger partial charge in [-0.2, -0.15) is 0 Å². The second kappa shape index (κ2) is 7.98. The average Bonchev–Trinajstić information content (AvgIpc) is 3.07. The first-order valence-electron chi connectivity index (χ1n) is 8.00. The lowest BCUT2D eigenvalue weighted by molar-refractivity contribution is -0.115. The molecule has 0 saturated heterocycles. The number of carbonyl (C=O) groups is 1. The van der Waals surface area contributed by atoms with Crippen LogP contribution in [0.5, 0.6) is 0 Å². The van der Waals surface area contributed by atoms with E-state index in [1.165, 1.54) is 22.9 Å². The summed E-state index contributed by atoms with van der Waals surface area (Å²) < 4.78 is 5.67. The molecule has 0 aliphatic heterocycles. The van der Waals surface area contributed by atoms with Crippen LogP contribution in [0.1, 0.15) is 17.5 Å². The highest BCUT2D eigenvalue weighted by Crippen LogP contribution is 2.25. The molecule has 2 aromatic carbocycles. The molecule has 0 saturated carbocycles. The third-order valence-electron chi connectivity index (χ3n) is 3.77. The van der Waals surface area contributed by atoms with Gasteiger partial charge in [0.05, 0.1) is 0 Å². The number of benzene rings is 2. The van der Waals surface area contributed by atoms with Gasteiger partial charge in [-0.3, -0.25) is 4.79 Å². The molecule has 1 heterocycles. The highest BCUT2D eigenvalue weighted by Gasteiger charge is 2.11. The number of nitrogens with zero attached hydrogens (tertiary/aromatic N) is 2. The number of anilines is 1. The molecule has 0 unspecified atom stereocenters. The molecule has 6 heteroatoms. The zero-order chi connectivity index (χ0) is 17.6. The summed E-state index contributed by atoms with van der Waals surface area (Å²) in [4.78, 5) is 11.9. The van der Waals surface area contributed by atoms with Crippen LogP contribution in [-0.2, 0) is 4.79 Å². The third-order valence-corrected chi connectivity index (χ3v) is 4.59. The van der Waals surface area contributed by atoms with E-state index in [1.54, 1.807) is 0 Å². The highest BCUT2D eigenvalue weighted by molar-refractivity contribution is 7.99. The minimum atomic E-state index is -0.0346. The summed E-state index contributed by atoms with van der Waals surface area (Å²) in [5.41, 5.74) is 4.11. The minimum absolute atomic E-state index is 0.0346. The van der Waals surface area contributed by atoms with Crippen LogP contribution in [0.4, 0.5) is 5.69 Å². The van der Waals surface area contributed by atoms with Gasteiger partial charge >= 0.3 is 0 Å². The van der Waals surface area contributed by atoms with Crippen LogP contribution in [-0.4, -0.2) is 21.9 Å². The summed E-state index contributed by atoms with van der Waals surface area (Å²) in [6.45, 7) is 4.12. The highest BCUT2D eigenvalue weighted by atomic mass is 32.2. The Balaban J connectivity index is 1.52. The van der Waals surface area contributed by atoms with Crippen molar-refractivity contribution in [3.63, 3.8) is 0 Å². The van der Waals surface area contributed by atoms with E-state index in [-0.39, 0.29) is 5.91 Å². The topological polar surface area (TPSA) is 68.0 Å². The molecule has 0 aliphatic rings. The number of aromatic nitrogens is 2. The van der Waals surface area contributed by atoms with Gasteiger partial charge in [0, 0.05) is 23.4 Å². The molecule has 3 rings (SSSR count). The van der Waals surface area contributed by atoms with Crippen molar-refractivity contribution in [3.05, 3.63) is 59.7 Å². The Hall–Kier alpha value is -2.60. The summed E-state index contributed by atoms with van der Waals surface area (Å²) in [6.07, 6.45) is 0.376. The molecule has 0 bridgehead atoms. The first-order valence-corrected chi connectivity index (χ1v) is 8.99. The van der Waals surface area contributed by atoms with E-state index in [2.05, 4.69) is 29.4 Å². The third kappa shape index (κ3) is 4.70. The van der Waals surface area contributed by atoms with Gasteiger partial charge in [0.15, 0.2) is 0 Å². The number of nitrogens with one attached hydrogen (secondary N) is 1. The monoisotopic (exact) mass is 353 g/mol. The van der Waals surface area contributed by atoms with Crippen LogP contribution in [0, 0.1) is 13.8 Å². The average molecular weight is 353 g/mol. The number of carbonyl (C=O) groups excluding carboxylic acids is 1. The Morgan fingerprint density at radius 2 is 1.88 bits per heavy atom. The van der Waals surface area contributed by atoms with Crippen LogP contribution in [0.2, 0.25) is 0 Å². The van der Waals surface area contributed by atoms with Crippen molar-refractivity contribution in [3.8, 4) is 11.5 Å². The molecule has 3 aromatic rings. The number of hydrogen-bond acceptors (Lipinski definition) is 5. The van der Waals surface area contributed by atoms with Gasteiger partial charge < -0.3 is 9.73 Å².